The molecule has 0 saturated carbocycles. The van der Waals surface area contributed by atoms with E-state index < -0.39 is 0 Å². The zero-order chi connectivity index (χ0) is 20.8. The fourth-order valence-corrected chi connectivity index (χ4v) is 3.66. The lowest BCUT2D eigenvalue weighted by Gasteiger charge is -2.24. The van der Waals surface area contributed by atoms with Crippen LogP contribution in [0.15, 0.2) is 42.5 Å². The molecule has 29 heavy (non-hydrogen) atoms. The largest absolute Gasteiger partial charge is 0.493 e. The van der Waals surface area contributed by atoms with Crippen molar-refractivity contribution in [2.75, 3.05) is 33.3 Å². The minimum atomic E-state index is -0.102. The van der Waals surface area contributed by atoms with Crippen LogP contribution in [-0.4, -0.2) is 54.9 Å². The molecule has 1 aliphatic heterocycles. The van der Waals surface area contributed by atoms with Gasteiger partial charge in [0.15, 0.2) is 0 Å². The average molecular weight is 415 g/mol. The summed E-state index contributed by atoms with van der Waals surface area (Å²) in [5.41, 5.74) is 2.20. The molecule has 0 unspecified atom stereocenters. The summed E-state index contributed by atoms with van der Waals surface area (Å²) in [6.45, 7) is 4.26. The number of hydrogen-bond acceptors (Lipinski definition) is 3. The van der Waals surface area contributed by atoms with E-state index in [0.29, 0.717) is 49.0 Å². The van der Waals surface area contributed by atoms with Crippen molar-refractivity contribution >= 4 is 23.4 Å². The Bertz CT molecular complexity index is 884. The summed E-state index contributed by atoms with van der Waals surface area (Å²) in [6, 6.07) is 12.8. The summed E-state index contributed by atoms with van der Waals surface area (Å²) < 4.78 is 5.89. The van der Waals surface area contributed by atoms with Gasteiger partial charge < -0.3 is 14.5 Å². The molecule has 1 aliphatic rings. The van der Waals surface area contributed by atoms with Gasteiger partial charge in [0.05, 0.1) is 12.2 Å². The standard InChI is InChI=1S/C23H27ClN2O3/c1-17-8-3-4-9-19(17)23(28)26-13-6-5-12-25(2)22(27)20-16-18(24)10-11-21(20)29-15-7-14-26/h3-4,8-11,16H,5-7,12-15H2,1-2H3. The Balaban J connectivity index is 1.77. The topological polar surface area (TPSA) is 49.9 Å². The van der Waals surface area contributed by atoms with Crippen molar-refractivity contribution in [1.29, 1.82) is 0 Å². The number of amides is 2. The van der Waals surface area contributed by atoms with Gasteiger partial charge in [-0.1, -0.05) is 29.8 Å². The Kier molecular flexibility index (Phi) is 7.15. The van der Waals surface area contributed by atoms with Crippen molar-refractivity contribution in [3.63, 3.8) is 0 Å². The molecule has 0 N–H and O–H groups in total. The normalized spacial score (nSPS) is 16.2. The molecule has 1 heterocycles. The van der Waals surface area contributed by atoms with Gasteiger partial charge in [-0.25, -0.2) is 0 Å². The number of rotatable bonds is 1. The number of hydrogen-bond donors (Lipinski definition) is 0. The summed E-state index contributed by atoms with van der Waals surface area (Å²) in [5, 5.41) is 0.508. The number of aryl methyl sites for hydroxylation is 1. The molecule has 6 heteroatoms. The number of carbonyl (C=O) groups excluding carboxylic acids is 2. The summed E-state index contributed by atoms with van der Waals surface area (Å²) >= 11 is 6.10. The molecular formula is C23H27ClN2O3. The lowest BCUT2D eigenvalue weighted by molar-refractivity contribution is 0.0735. The monoisotopic (exact) mass is 414 g/mol. The van der Waals surface area contributed by atoms with Gasteiger partial charge in [-0.05, 0) is 56.0 Å². The van der Waals surface area contributed by atoms with Crippen LogP contribution in [0, 0.1) is 6.92 Å². The minimum Gasteiger partial charge on any atom is -0.493 e. The van der Waals surface area contributed by atoms with Crippen LogP contribution in [-0.2, 0) is 0 Å². The first-order valence-corrected chi connectivity index (χ1v) is 10.4. The number of halogens is 1. The van der Waals surface area contributed by atoms with E-state index in [2.05, 4.69) is 0 Å². The Hall–Kier alpha value is -2.53. The van der Waals surface area contributed by atoms with Gasteiger partial charge >= 0.3 is 0 Å². The number of benzene rings is 2. The third kappa shape index (κ3) is 5.30. The maximum absolute atomic E-state index is 13.1. The fourth-order valence-electron chi connectivity index (χ4n) is 3.49. The van der Waals surface area contributed by atoms with Crippen LogP contribution in [0.1, 0.15) is 45.5 Å². The molecule has 0 atom stereocenters. The molecule has 0 aliphatic carbocycles. The number of fused-ring (bicyclic) bond motifs is 1. The van der Waals surface area contributed by atoms with Gasteiger partial charge in [-0.2, -0.15) is 0 Å². The molecule has 2 aromatic rings. The highest BCUT2D eigenvalue weighted by atomic mass is 35.5. The van der Waals surface area contributed by atoms with Gasteiger partial charge in [-0.3, -0.25) is 9.59 Å². The van der Waals surface area contributed by atoms with E-state index in [1.807, 2.05) is 36.1 Å². The minimum absolute atomic E-state index is 0.0505. The Morgan fingerprint density at radius 2 is 1.76 bits per heavy atom. The van der Waals surface area contributed by atoms with Gasteiger partial charge in [-0.15, -0.1) is 0 Å². The molecular weight excluding hydrogens is 388 g/mol. The molecule has 5 nitrogen and oxygen atoms in total. The summed E-state index contributed by atoms with van der Waals surface area (Å²) in [4.78, 5) is 29.5. The lowest BCUT2D eigenvalue weighted by Crippen LogP contribution is -2.34. The first kappa shape index (κ1) is 21.2. The van der Waals surface area contributed by atoms with Crippen LogP contribution in [0.4, 0.5) is 0 Å². The van der Waals surface area contributed by atoms with E-state index in [1.165, 1.54) is 0 Å². The van der Waals surface area contributed by atoms with E-state index in [0.717, 1.165) is 24.0 Å². The van der Waals surface area contributed by atoms with Gasteiger partial charge in [0.2, 0.25) is 0 Å². The Labute approximate surface area is 177 Å². The van der Waals surface area contributed by atoms with Crippen molar-refractivity contribution in [2.24, 2.45) is 0 Å². The van der Waals surface area contributed by atoms with Crippen molar-refractivity contribution < 1.29 is 14.3 Å². The Morgan fingerprint density at radius 1 is 1.03 bits per heavy atom. The second kappa shape index (κ2) is 9.79. The molecule has 0 spiro atoms. The third-order valence-electron chi connectivity index (χ3n) is 5.18. The highest BCUT2D eigenvalue weighted by molar-refractivity contribution is 6.31. The molecule has 0 bridgehead atoms. The smallest absolute Gasteiger partial charge is 0.257 e. The summed E-state index contributed by atoms with van der Waals surface area (Å²) in [7, 11) is 1.78. The van der Waals surface area contributed by atoms with Crippen LogP contribution in [0.3, 0.4) is 0 Å². The summed E-state index contributed by atoms with van der Waals surface area (Å²) in [5.74, 6) is 0.478. The van der Waals surface area contributed by atoms with Crippen molar-refractivity contribution in [3.8, 4) is 5.75 Å². The van der Waals surface area contributed by atoms with Crippen LogP contribution >= 0.6 is 11.6 Å². The molecule has 3 rings (SSSR count). The lowest BCUT2D eigenvalue weighted by atomic mass is 10.1. The SMILES string of the molecule is Cc1ccccc1C(=O)N1CCCCN(C)C(=O)c2cc(Cl)ccc2OCCC1. The first-order chi connectivity index (χ1) is 14.0. The second-order valence-corrected chi connectivity index (χ2v) is 7.82. The number of nitrogens with zero attached hydrogens (tertiary/aromatic N) is 2. The summed E-state index contributed by atoms with van der Waals surface area (Å²) in [6.07, 6.45) is 2.33. The predicted octanol–water partition coefficient (Wildman–Crippen LogP) is 4.43. The quantitative estimate of drug-likeness (QED) is 0.693. The zero-order valence-corrected chi connectivity index (χ0v) is 17.7. The number of ether oxygens (including phenoxy) is 1. The number of carbonyl (C=O) groups is 2. The third-order valence-corrected chi connectivity index (χ3v) is 5.42. The molecule has 0 saturated heterocycles. The van der Waals surface area contributed by atoms with Gasteiger partial charge in [0.1, 0.15) is 5.75 Å². The van der Waals surface area contributed by atoms with Crippen LogP contribution in [0.25, 0.3) is 0 Å². The predicted molar refractivity (Wildman–Crippen MR) is 115 cm³/mol. The van der Waals surface area contributed by atoms with E-state index in [1.54, 1.807) is 30.1 Å². The fraction of sp³-hybridized carbons (Fsp3) is 0.391. The molecule has 0 aromatic heterocycles. The van der Waals surface area contributed by atoms with Gasteiger partial charge in [0.25, 0.3) is 11.8 Å². The second-order valence-electron chi connectivity index (χ2n) is 7.38. The van der Waals surface area contributed by atoms with Crippen LogP contribution in [0.5, 0.6) is 5.75 Å². The van der Waals surface area contributed by atoms with Crippen LogP contribution < -0.4 is 4.74 Å². The zero-order valence-electron chi connectivity index (χ0n) is 17.0. The van der Waals surface area contributed by atoms with Crippen LogP contribution in [0.2, 0.25) is 5.02 Å². The van der Waals surface area contributed by atoms with E-state index in [4.69, 9.17) is 16.3 Å². The average Bonchev–Trinajstić information content (AvgIpc) is 2.73. The van der Waals surface area contributed by atoms with E-state index in [9.17, 15) is 9.59 Å². The molecule has 154 valence electrons. The Morgan fingerprint density at radius 3 is 2.55 bits per heavy atom. The van der Waals surface area contributed by atoms with Crippen molar-refractivity contribution in [1.82, 2.24) is 9.80 Å². The molecule has 0 fully saturated rings. The first-order valence-electron chi connectivity index (χ1n) is 10.00. The highest BCUT2D eigenvalue weighted by Gasteiger charge is 2.20. The van der Waals surface area contributed by atoms with Crippen molar-refractivity contribution in [2.45, 2.75) is 26.2 Å². The maximum Gasteiger partial charge on any atom is 0.257 e. The van der Waals surface area contributed by atoms with E-state index >= 15 is 0 Å². The molecule has 2 amide bonds. The highest BCUT2D eigenvalue weighted by Crippen LogP contribution is 2.25. The van der Waals surface area contributed by atoms with Crippen molar-refractivity contribution in [3.05, 3.63) is 64.2 Å². The molecule has 2 aromatic carbocycles. The maximum atomic E-state index is 13.1. The van der Waals surface area contributed by atoms with Gasteiger partial charge in [0, 0.05) is 37.3 Å². The molecule has 0 radical (unpaired) electrons. The van der Waals surface area contributed by atoms with E-state index in [-0.39, 0.29) is 11.8 Å².